The molecule has 9 heteroatoms. The summed E-state index contributed by atoms with van der Waals surface area (Å²) in [7, 11) is 0. The average Bonchev–Trinajstić information content (AvgIpc) is 2.85. The molecule has 0 atom stereocenters. The molecule has 0 spiro atoms. The topological polar surface area (TPSA) is 83.1 Å². The summed E-state index contributed by atoms with van der Waals surface area (Å²) in [6, 6.07) is 2.90. The predicted octanol–water partition coefficient (Wildman–Crippen LogP) is 2.47. The molecule has 20 heavy (non-hydrogen) atoms. The van der Waals surface area contributed by atoms with E-state index in [1.54, 1.807) is 6.92 Å². The van der Waals surface area contributed by atoms with E-state index in [2.05, 4.69) is 9.97 Å². The Morgan fingerprint density at radius 3 is 2.90 bits per heavy atom. The van der Waals surface area contributed by atoms with Crippen LogP contribution < -0.4 is 4.74 Å². The van der Waals surface area contributed by atoms with Crippen molar-refractivity contribution in [3.63, 3.8) is 0 Å². The Balaban J connectivity index is 2.19. The van der Waals surface area contributed by atoms with Gasteiger partial charge in [-0.2, -0.15) is 8.78 Å². The van der Waals surface area contributed by atoms with Gasteiger partial charge in [-0.15, -0.1) is 0 Å². The Kier molecular flexibility index (Phi) is 3.87. The van der Waals surface area contributed by atoms with Crippen LogP contribution in [0.1, 0.15) is 18.1 Å². The molecule has 0 bridgehead atoms. The number of nitro groups is 1. The molecule has 2 rings (SSSR count). The van der Waals surface area contributed by atoms with Crippen molar-refractivity contribution in [3.8, 4) is 5.75 Å². The molecule has 106 valence electrons. The molecular formula is C11H10F2N4O3. The van der Waals surface area contributed by atoms with Gasteiger partial charge < -0.3 is 14.9 Å². The summed E-state index contributed by atoms with van der Waals surface area (Å²) >= 11 is 0. The maximum absolute atomic E-state index is 12.6. The van der Waals surface area contributed by atoms with Gasteiger partial charge in [-0.05, 0) is 22.0 Å². The van der Waals surface area contributed by atoms with E-state index in [-0.39, 0.29) is 18.2 Å². The highest BCUT2D eigenvalue weighted by Gasteiger charge is 2.19. The summed E-state index contributed by atoms with van der Waals surface area (Å²) in [5, 5.41) is 10.8. The molecule has 0 fully saturated rings. The molecular weight excluding hydrogens is 274 g/mol. The highest BCUT2D eigenvalue weighted by Crippen LogP contribution is 2.25. The summed E-state index contributed by atoms with van der Waals surface area (Å²) in [4.78, 5) is 17.6. The minimum absolute atomic E-state index is 0.0325. The minimum Gasteiger partial charge on any atom is -0.478 e. The van der Waals surface area contributed by atoms with Gasteiger partial charge in [-0.25, -0.2) is 4.98 Å². The smallest absolute Gasteiger partial charge is 0.406 e. The third-order valence-corrected chi connectivity index (χ3v) is 2.47. The lowest BCUT2D eigenvalue weighted by atomic mass is 10.3. The average molecular weight is 284 g/mol. The number of hydrogen-bond acceptors (Lipinski definition) is 5. The number of nitrogens with zero attached hydrogens (tertiary/aromatic N) is 4. The summed E-state index contributed by atoms with van der Waals surface area (Å²) in [6.07, 6.45) is 2.30. The van der Waals surface area contributed by atoms with Crippen molar-refractivity contribution >= 4 is 5.82 Å². The van der Waals surface area contributed by atoms with Gasteiger partial charge in [0.25, 0.3) is 0 Å². The molecule has 2 aromatic rings. The molecule has 0 aromatic carbocycles. The molecule has 0 radical (unpaired) electrons. The van der Waals surface area contributed by atoms with Gasteiger partial charge in [-0.3, -0.25) is 4.57 Å². The van der Waals surface area contributed by atoms with Crippen molar-refractivity contribution in [3.05, 3.63) is 46.2 Å². The number of pyridine rings is 1. The van der Waals surface area contributed by atoms with Gasteiger partial charge in [0.2, 0.25) is 5.75 Å². The van der Waals surface area contributed by atoms with Gasteiger partial charge in [0.15, 0.2) is 5.82 Å². The summed E-state index contributed by atoms with van der Waals surface area (Å²) < 4.78 is 31.0. The van der Waals surface area contributed by atoms with Crippen molar-refractivity contribution in [2.24, 2.45) is 0 Å². The van der Waals surface area contributed by atoms with Crippen LogP contribution in [0.15, 0.2) is 24.5 Å². The third-order valence-electron chi connectivity index (χ3n) is 2.47. The first-order valence-corrected chi connectivity index (χ1v) is 5.53. The molecule has 0 saturated heterocycles. The van der Waals surface area contributed by atoms with Gasteiger partial charge in [-0.1, -0.05) is 0 Å². The van der Waals surface area contributed by atoms with Crippen LogP contribution in [-0.2, 0) is 6.61 Å². The van der Waals surface area contributed by atoms with Crippen molar-refractivity contribution in [1.82, 2.24) is 14.5 Å². The SMILES string of the molecule is Cc1ccc(OCc2nccn2C(F)F)c([N+](=O)[O-])n1. The Morgan fingerprint density at radius 2 is 2.25 bits per heavy atom. The summed E-state index contributed by atoms with van der Waals surface area (Å²) in [6.45, 7) is -1.47. The fraction of sp³-hybridized carbons (Fsp3) is 0.273. The Labute approximate surface area is 112 Å². The van der Waals surface area contributed by atoms with E-state index in [0.29, 0.717) is 10.3 Å². The normalized spacial score (nSPS) is 10.8. The lowest BCUT2D eigenvalue weighted by Crippen LogP contribution is -2.08. The molecule has 0 saturated carbocycles. The fourth-order valence-corrected chi connectivity index (χ4v) is 1.55. The Bertz CT molecular complexity index is 630. The maximum atomic E-state index is 12.6. The lowest BCUT2D eigenvalue weighted by Gasteiger charge is -2.08. The number of aryl methyl sites for hydroxylation is 1. The summed E-state index contributed by atoms with van der Waals surface area (Å²) in [5.74, 6) is -0.584. The molecule has 0 amide bonds. The van der Waals surface area contributed by atoms with Crippen molar-refractivity contribution in [2.45, 2.75) is 20.1 Å². The minimum atomic E-state index is -2.75. The zero-order chi connectivity index (χ0) is 14.7. The first-order valence-electron chi connectivity index (χ1n) is 5.53. The highest BCUT2D eigenvalue weighted by atomic mass is 19.3. The number of ether oxygens (including phenoxy) is 1. The number of halogens is 2. The molecule has 0 unspecified atom stereocenters. The highest BCUT2D eigenvalue weighted by molar-refractivity contribution is 5.40. The van der Waals surface area contributed by atoms with Crippen LogP contribution in [0.2, 0.25) is 0 Å². The number of hydrogen-bond donors (Lipinski definition) is 0. The molecule has 2 heterocycles. The van der Waals surface area contributed by atoms with E-state index < -0.39 is 17.3 Å². The molecule has 2 aromatic heterocycles. The Morgan fingerprint density at radius 1 is 1.50 bits per heavy atom. The van der Waals surface area contributed by atoms with Gasteiger partial charge in [0.1, 0.15) is 12.3 Å². The molecule has 0 aliphatic heterocycles. The maximum Gasteiger partial charge on any atom is 0.406 e. The van der Waals surface area contributed by atoms with Gasteiger partial charge in [0.05, 0.1) is 0 Å². The van der Waals surface area contributed by atoms with Gasteiger partial charge in [0, 0.05) is 19.3 Å². The van der Waals surface area contributed by atoms with E-state index >= 15 is 0 Å². The van der Waals surface area contributed by atoms with Crippen LogP contribution in [0.4, 0.5) is 14.6 Å². The second kappa shape index (κ2) is 5.59. The predicted molar refractivity (Wildman–Crippen MR) is 63.4 cm³/mol. The van der Waals surface area contributed by atoms with Crippen LogP contribution in [0.25, 0.3) is 0 Å². The largest absolute Gasteiger partial charge is 0.478 e. The van der Waals surface area contributed by atoms with E-state index in [4.69, 9.17) is 4.74 Å². The molecule has 0 N–H and O–H groups in total. The van der Waals surface area contributed by atoms with Crippen LogP contribution in [0, 0.1) is 17.0 Å². The van der Waals surface area contributed by atoms with Crippen molar-refractivity contribution in [1.29, 1.82) is 0 Å². The number of imidazole rings is 1. The Hall–Kier alpha value is -2.58. The van der Waals surface area contributed by atoms with E-state index in [0.717, 1.165) is 6.20 Å². The van der Waals surface area contributed by atoms with Crippen LogP contribution >= 0.6 is 0 Å². The van der Waals surface area contributed by atoms with E-state index in [1.165, 1.54) is 18.3 Å². The number of aromatic nitrogens is 3. The molecule has 0 aliphatic carbocycles. The molecule has 7 nitrogen and oxygen atoms in total. The number of alkyl halides is 2. The zero-order valence-corrected chi connectivity index (χ0v) is 10.4. The lowest BCUT2D eigenvalue weighted by molar-refractivity contribution is -0.390. The summed E-state index contributed by atoms with van der Waals surface area (Å²) in [5.41, 5.74) is 0.457. The van der Waals surface area contributed by atoms with Crippen LogP contribution in [0.3, 0.4) is 0 Å². The quantitative estimate of drug-likeness (QED) is 0.622. The van der Waals surface area contributed by atoms with Crippen LogP contribution in [-0.4, -0.2) is 19.5 Å². The van der Waals surface area contributed by atoms with E-state index in [1.807, 2.05) is 0 Å². The number of rotatable bonds is 5. The first-order chi connectivity index (χ1) is 9.49. The standard InChI is InChI=1S/C11H10F2N4O3/c1-7-2-3-8(10(15-7)17(18)19)20-6-9-14-4-5-16(9)11(12)13/h2-5,11H,6H2,1H3. The van der Waals surface area contributed by atoms with Crippen molar-refractivity contribution < 1.29 is 18.4 Å². The first kappa shape index (κ1) is 13.8. The van der Waals surface area contributed by atoms with Gasteiger partial charge >= 0.3 is 12.4 Å². The van der Waals surface area contributed by atoms with Crippen molar-refractivity contribution in [2.75, 3.05) is 0 Å². The zero-order valence-electron chi connectivity index (χ0n) is 10.4. The third kappa shape index (κ3) is 2.87. The second-order valence-corrected chi connectivity index (χ2v) is 3.85. The van der Waals surface area contributed by atoms with Crippen LogP contribution in [0.5, 0.6) is 5.75 Å². The van der Waals surface area contributed by atoms with E-state index in [9.17, 15) is 18.9 Å². The monoisotopic (exact) mass is 284 g/mol. The fourth-order valence-electron chi connectivity index (χ4n) is 1.55. The molecule has 0 aliphatic rings. The second-order valence-electron chi connectivity index (χ2n) is 3.85.